The molecule has 4 nitrogen and oxygen atoms in total. The highest BCUT2D eigenvalue weighted by Crippen LogP contribution is 2.39. The summed E-state index contributed by atoms with van der Waals surface area (Å²) in [6.07, 6.45) is 1.98. The predicted molar refractivity (Wildman–Crippen MR) is 42.9 cm³/mol. The maximum absolute atomic E-state index is 11.3. The lowest BCUT2D eigenvalue weighted by atomic mass is 9.80. The second-order valence-electron chi connectivity index (χ2n) is 3.50. The summed E-state index contributed by atoms with van der Waals surface area (Å²) in [6, 6.07) is 0. The number of rotatable bonds is 1. The lowest BCUT2D eigenvalue weighted by molar-refractivity contribution is -0.144. The van der Waals surface area contributed by atoms with E-state index in [-0.39, 0.29) is 5.97 Å². The minimum Gasteiger partial charge on any atom is -0.481 e. The number of hydrogen-bond donors (Lipinski definition) is 1. The first kappa shape index (κ1) is 8.29. The van der Waals surface area contributed by atoms with Gasteiger partial charge in [-0.2, -0.15) is 0 Å². The molecule has 0 aromatic rings. The van der Waals surface area contributed by atoms with Gasteiger partial charge in [0.05, 0.1) is 5.92 Å². The molecule has 2 aliphatic rings. The molecule has 70 valence electrons. The highest BCUT2D eigenvalue weighted by molar-refractivity contribution is 5.87. The van der Waals surface area contributed by atoms with E-state index in [0.29, 0.717) is 6.42 Å². The number of hydrogen-bond acceptors (Lipinski definition) is 3. The molecule has 0 radical (unpaired) electrons. The Morgan fingerprint density at radius 1 is 1.69 bits per heavy atom. The quantitative estimate of drug-likeness (QED) is 0.476. The van der Waals surface area contributed by atoms with Crippen molar-refractivity contribution < 1.29 is 19.4 Å². The van der Waals surface area contributed by atoms with Crippen LogP contribution in [0, 0.1) is 11.8 Å². The molecule has 1 saturated heterocycles. The van der Waals surface area contributed by atoms with Gasteiger partial charge in [0.15, 0.2) is 0 Å². The highest BCUT2D eigenvalue weighted by atomic mass is 16.6. The number of ether oxygens (including phenoxy) is 1. The van der Waals surface area contributed by atoms with Crippen LogP contribution in [0.3, 0.4) is 0 Å². The summed E-state index contributed by atoms with van der Waals surface area (Å²) in [5, 5.41) is 8.90. The number of carboxylic acid groups (broad SMARTS) is 1. The third kappa shape index (κ3) is 1.05. The van der Waals surface area contributed by atoms with Crippen LogP contribution in [0.1, 0.15) is 13.3 Å². The summed E-state index contributed by atoms with van der Waals surface area (Å²) in [4.78, 5) is 22.1. The molecule has 0 spiro atoms. The summed E-state index contributed by atoms with van der Waals surface area (Å²) in [6.45, 7) is 1.78. The van der Waals surface area contributed by atoms with E-state index in [1.807, 2.05) is 6.08 Å². The van der Waals surface area contributed by atoms with E-state index in [9.17, 15) is 9.59 Å². The first-order valence-corrected chi connectivity index (χ1v) is 4.21. The van der Waals surface area contributed by atoms with E-state index in [2.05, 4.69) is 0 Å². The van der Waals surface area contributed by atoms with Gasteiger partial charge in [-0.1, -0.05) is 11.6 Å². The summed E-state index contributed by atoms with van der Waals surface area (Å²) >= 11 is 0. The molecule has 13 heavy (non-hydrogen) atoms. The van der Waals surface area contributed by atoms with Gasteiger partial charge < -0.3 is 9.84 Å². The van der Waals surface area contributed by atoms with Gasteiger partial charge in [-0.15, -0.1) is 0 Å². The van der Waals surface area contributed by atoms with E-state index in [1.54, 1.807) is 6.92 Å². The minimum absolute atomic E-state index is 0.386. The van der Waals surface area contributed by atoms with Crippen molar-refractivity contribution in [3.63, 3.8) is 0 Å². The Kier molecular flexibility index (Phi) is 1.65. The molecule has 1 unspecified atom stereocenters. The van der Waals surface area contributed by atoms with Crippen LogP contribution < -0.4 is 0 Å². The van der Waals surface area contributed by atoms with Crippen molar-refractivity contribution in [2.24, 2.45) is 11.8 Å². The molecular formula is C9H10O4. The lowest BCUT2D eigenvalue weighted by Crippen LogP contribution is -2.32. The smallest absolute Gasteiger partial charge is 0.314 e. The second-order valence-corrected chi connectivity index (χ2v) is 3.50. The molecule has 1 N–H and O–H groups in total. The fourth-order valence-corrected chi connectivity index (χ4v) is 2.05. The Balaban J connectivity index is 2.38. The fourth-order valence-electron chi connectivity index (χ4n) is 2.05. The van der Waals surface area contributed by atoms with Gasteiger partial charge in [0.25, 0.3) is 0 Å². The van der Waals surface area contributed by atoms with Crippen molar-refractivity contribution in [1.29, 1.82) is 0 Å². The van der Waals surface area contributed by atoms with Gasteiger partial charge in [-0.3, -0.25) is 9.59 Å². The number of carbonyl (C=O) groups excluding carboxylic acids is 1. The third-order valence-corrected chi connectivity index (χ3v) is 2.73. The molecule has 2 rings (SSSR count). The third-order valence-electron chi connectivity index (χ3n) is 2.73. The second kappa shape index (κ2) is 2.58. The van der Waals surface area contributed by atoms with Crippen LogP contribution in [0.5, 0.6) is 0 Å². The zero-order chi connectivity index (χ0) is 9.59. The summed E-state index contributed by atoms with van der Waals surface area (Å²) < 4.78 is 4.96. The molecule has 0 amide bonds. The fraction of sp³-hybridized carbons (Fsp3) is 0.556. The first-order valence-electron chi connectivity index (χ1n) is 4.21. The average molecular weight is 182 g/mol. The average Bonchev–Trinajstić information content (AvgIpc) is 2.31. The summed E-state index contributed by atoms with van der Waals surface area (Å²) in [7, 11) is 0. The first-order chi connectivity index (χ1) is 6.11. The van der Waals surface area contributed by atoms with Crippen molar-refractivity contribution in [3.05, 3.63) is 11.6 Å². The maximum Gasteiger partial charge on any atom is 0.314 e. The minimum atomic E-state index is -0.937. The van der Waals surface area contributed by atoms with Crippen molar-refractivity contribution in [3.8, 4) is 0 Å². The van der Waals surface area contributed by atoms with Crippen LogP contribution in [0.25, 0.3) is 0 Å². The molecule has 2 bridgehead atoms. The van der Waals surface area contributed by atoms with Crippen LogP contribution in [0.2, 0.25) is 0 Å². The summed E-state index contributed by atoms with van der Waals surface area (Å²) in [5.41, 5.74) is 0.825. The SMILES string of the molecule is CC1=CC[C@@H]2OC(=O)[C@H]1C2C(=O)O. The zero-order valence-electron chi connectivity index (χ0n) is 7.19. The van der Waals surface area contributed by atoms with Crippen LogP contribution in [-0.4, -0.2) is 23.1 Å². The number of carbonyl (C=O) groups is 2. The van der Waals surface area contributed by atoms with Crippen LogP contribution in [0.4, 0.5) is 0 Å². The number of aliphatic carboxylic acids is 1. The van der Waals surface area contributed by atoms with Gasteiger partial charge >= 0.3 is 11.9 Å². The van der Waals surface area contributed by atoms with E-state index in [1.165, 1.54) is 0 Å². The van der Waals surface area contributed by atoms with Gasteiger partial charge in [0.1, 0.15) is 12.0 Å². The molecule has 1 fully saturated rings. The van der Waals surface area contributed by atoms with Crippen molar-refractivity contribution in [2.75, 3.05) is 0 Å². The largest absolute Gasteiger partial charge is 0.481 e. The molecular weight excluding hydrogens is 172 g/mol. The monoisotopic (exact) mass is 182 g/mol. The van der Waals surface area contributed by atoms with Gasteiger partial charge in [-0.25, -0.2) is 0 Å². The number of esters is 1. The van der Waals surface area contributed by atoms with E-state index in [4.69, 9.17) is 9.84 Å². The maximum atomic E-state index is 11.3. The van der Waals surface area contributed by atoms with E-state index in [0.717, 1.165) is 5.57 Å². The van der Waals surface area contributed by atoms with Gasteiger partial charge in [0.2, 0.25) is 0 Å². The van der Waals surface area contributed by atoms with Gasteiger partial charge in [-0.05, 0) is 6.92 Å². The molecule has 0 aromatic carbocycles. The van der Waals surface area contributed by atoms with Crippen LogP contribution >= 0.6 is 0 Å². The van der Waals surface area contributed by atoms with Crippen molar-refractivity contribution in [2.45, 2.75) is 19.4 Å². The Morgan fingerprint density at radius 2 is 2.38 bits per heavy atom. The molecule has 1 aliphatic carbocycles. The Bertz CT molecular complexity index is 305. The van der Waals surface area contributed by atoms with E-state index < -0.39 is 23.9 Å². The Labute approximate surface area is 75.2 Å². The highest BCUT2D eigenvalue weighted by Gasteiger charge is 2.51. The van der Waals surface area contributed by atoms with Crippen molar-refractivity contribution >= 4 is 11.9 Å². The predicted octanol–water partition coefficient (Wildman–Crippen LogP) is 0.579. The van der Waals surface area contributed by atoms with Crippen LogP contribution in [-0.2, 0) is 14.3 Å². The molecule has 1 heterocycles. The Hall–Kier alpha value is -1.32. The molecule has 0 saturated carbocycles. The molecule has 3 atom stereocenters. The van der Waals surface area contributed by atoms with Gasteiger partial charge in [0, 0.05) is 6.42 Å². The normalized spacial score (nSPS) is 36.8. The molecule has 0 aromatic heterocycles. The standard InChI is InChI=1S/C9H10O4/c1-4-2-3-5-7(8(10)11)6(4)9(12)13-5/h2,5-7H,3H2,1H3,(H,10,11)/t5-,6+,7?/m0/s1. The number of fused-ring (bicyclic) bond motifs is 2. The topological polar surface area (TPSA) is 63.6 Å². The Morgan fingerprint density at radius 3 is 2.92 bits per heavy atom. The number of carboxylic acids is 1. The molecule has 1 aliphatic heterocycles. The zero-order valence-corrected chi connectivity index (χ0v) is 7.19. The van der Waals surface area contributed by atoms with Crippen molar-refractivity contribution in [1.82, 2.24) is 0 Å². The lowest BCUT2D eigenvalue weighted by Gasteiger charge is -2.20. The molecule has 4 heteroatoms. The summed E-state index contributed by atoms with van der Waals surface area (Å²) in [5.74, 6) is -2.54. The van der Waals surface area contributed by atoms with E-state index >= 15 is 0 Å². The van der Waals surface area contributed by atoms with Crippen LogP contribution in [0.15, 0.2) is 11.6 Å².